The summed E-state index contributed by atoms with van der Waals surface area (Å²) in [5.74, 6) is 0.486. The van der Waals surface area contributed by atoms with Crippen LogP contribution in [-0.4, -0.2) is 54.8 Å². The van der Waals surface area contributed by atoms with Gasteiger partial charge in [0.05, 0.1) is 41.1 Å². The normalized spacial score (nSPS) is 15.7. The largest absolute Gasteiger partial charge is 0.393 e. The summed E-state index contributed by atoms with van der Waals surface area (Å²) in [5, 5.41) is 20.1. The third-order valence-electron chi connectivity index (χ3n) is 6.22. The van der Waals surface area contributed by atoms with Gasteiger partial charge in [0.2, 0.25) is 0 Å². The van der Waals surface area contributed by atoms with E-state index in [2.05, 4.69) is 35.6 Å². The second-order valence-electron chi connectivity index (χ2n) is 8.24. The minimum absolute atomic E-state index is 0. The number of pyridine rings is 2. The molecule has 4 aromatic rings. The fraction of sp³-hybridized carbons (Fsp3) is 0.292. The average Bonchev–Trinajstić information content (AvgIpc) is 3.48. The first kappa shape index (κ1) is 21.8. The first-order valence-electron chi connectivity index (χ1n) is 10.9. The van der Waals surface area contributed by atoms with E-state index in [-0.39, 0.29) is 19.4 Å². The molecule has 4 aromatic heterocycles. The molecule has 34 heavy (non-hydrogen) atoms. The van der Waals surface area contributed by atoms with Gasteiger partial charge in [0, 0.05) is 49.4 Å². The summed E-state index contributed by atoms with van der Waals surface area (Å²) in [6, 6.07) is 5.76. The van der Waals surface area contributed by atoms with Gasteiger partial charge in [0.15, 0.2) is 5.65 Å². The number of anilines is 3. The Morgan fingerprint density at radius 3 is 2.71 bits per heavy atom. The molecule has 0 atom stereocenters. The number of fused-ring (bicyclic) bond motifs is 2. The number of nitrogens with one attached hydrogen (secondary N) is 2. The summed E-state index contributed by atoms with van der Waals surface area (Å²) < 4.78 is 1.69. The predicted molar refractivity (Wildman–Crippen MR) is 129 cm³/mol. The number of piperidine rings is 1. The van der Waals surface area contributed by atoms with E-state index >= 15 is 0 Å². The maximum Gasteiger partial charge on any atom is 0.254 e. The maximum absolute atomic E-state index is 12.7. The van der Waals surface area contributed by atoms with E-state index in [1.54, 1.807) is 29.3 Å². The van der Waals surface area contributed by atoms with Crippen molar-refractivity contribution in [1.29, 1.82) is 0 Å². The van der Waals surface area contributed by atoms with Crippen molar-refractivity contribution < 1.29 is 9.90 Å². The van der Waals surface area contributed by atoms with Gasteiger partial charge in [0.1, 0.15) is 5.82 Å². The Morgan fingerprint density at radius 1 is 1.06 bits per heavy atom. The highest BCUT2D eigenvalue weighted by molar-refractivity contribution is 6.05. The predicted octanol–water partition coefficient (Wildman–Crippen LogP) is 2.77. The van der Waals surface area contributed by atoms with Crippen LogP contribution in [0.4, 0.5) is 17.2 Å². The number of nitrogens with zero attached hydrogens (tertiary/aromatic N) is 6. The van der Waals surface area contributed by atoms with Crippen molar-refractivity contribution >= 4 is 28.7 Å². The third-order valence-corrected chi connectivity index (χ3v) is 6.22. The first-order valence-corrected chi connectivity index (χ1v) is 10.9. The number of aliphatic hydroxyl groups is 1. The van der Waals surface area contributed by atoms with Gasteiger partial charge in [-0.05, 0) is 31.0 Å². The number of hydrogen-bond donors (Lipinski definition) is 3. The average molecular weight is 459 g/mol. The smallest absolute Gasteiger partial charge is 0.254 e. The van der Waals surface area contributed by atoms with Crippen molar-refractivity contribution in [2.24, 2.45) is 0 Å². The van der Waals surface area contributed by atoms with Gasteiger partial charge < -0.3 is 20.6 Å². The van der Waals surface area contributed by atoms with Crippen LogP contribution < -0.4 is 15.5 Å². The van der Waals surface area contributed by atoms with Crippen LogP contribution in [0, 0.1) is 0 Å². The lowest BCUT2D eigenvalue weighted by atomic mass is 10.0. The number of imidazole rings is 1. The van der Waals surface area contributed by atoms with E-state index < -0.39 is 0 Å². The van der Waals surface area contributed by atoms with Gasteiger partial charge in [-0.2, -0.15) is 5.10 Å². The highest BCUT2D eigenvalue weighted by Crippen LogP contribution is 2.34. The lowest BCUT2D eigenvalue weighted by Gasteiger charge is -2.31. The number of aliphatic hydroxyl groups excluding tert-OH is 1. The monoisotopic (exact) mass is 458 g/mol. The molecule has 1 amide bonds. The SMILES string of the molecule is C.O=C1NCc2c(-c3ccnn4ccnc34)ncc(Nc3ccc(N4CCC(O)CC4)cn3)c21. The van der Waals surface area contributed by atoms with Gasteiger partial charge in [-0.25, -0.2) is 14.5 Å². The van der Waals surface area contributed by atoms with Crippen LogP contribution in [0.2, 0.25) is 0 Å². The molecule has 0 aliphatic carbocycles. The van der Waals surface area contributed by atoms with Crippen molar-refractivity contribution in [1.82, 2.24) is 29.9 Å². The Balaban J connectivity index is 0.00000241. The van der Waals surface area contributed by atoms with Crippen LogP contribution in [0.1, 0.15) is 36.2 Å². The van der Waals surface area contributed by atoms with Crippen LogP contribution >= 0.6 is 0 Å². The van der Waals surface area contributed by atoms with E-state index in [1.165, 1.54) is 0 Å². The molecule has 0 unspecified atom stereocenters. The molecule has 6 heterocycles. The molecule has 0 radical (unpaired) electrons. The first-order chi connectivity index (χ1) is 16.2. The van der Waals surface area contributed by atoms with Crippen molar-refractivity contribution in [3.63, 3.8) is 0 Å². The van der Waals surface area contributed by atoms with Crippen LogP contribution in [0.15, 0.2) is 49.2 Å². The van der Waals surface area contributed by atoms with Crippen LogP contribution in [0.3, 0.4) is 0 Å². The molecule has 10 nitrogen and oxygen atoms in total. The summed E-state index contributed by atoms with van der Waals surface area (Å²) in [5.41, 5.74) is 5.24. The zero-order valence-corrected chi connectivity index (χ0v) is 17.8. The Labute approximate surface area is 196 Å². The molecule has 1 saturated heterocycles. The lowest BCUT2D eigenvalue weighted by Crippen LogP contribution is -2.35. The number of hydrogen-bond acceptors (Lipinski definition) is 8. The lowest BCUT2D eigenvalue weighted by molar-refractivity contribution is 0.0966. The maximum atomic E-state index is 12.7. The third kappa shape index (κ3) is 3.71. The number of aromatic nitrogens is 5. The van der Waals surface area contributed by atoms with Crippen LogP contribution in [0.5, 0.6) is 0 Å². The Bertz CT molecular complexity index is 1340. The number of carbonyl (C=O) groups excluding carboxylic acids is 1. The second-order valence-corrected chi connectivity index (χ2v) is 8.24. The molecule has 174 valence electrons. The summed E-state index contributed by atoms with van der Waals surface area (Å²) >= 11 is 0. The molecule has 0 spiro atoms. The molecule has 3 N–H and O–H groups in total. The molecule has 0 aromatic carbocycles. The van der Waals surface area contributed by atoms with Crippen molar-refractivity contribution in [2.45, 2.75) is 32.9 Å². The van der Waals surface area contributed by atoms with Crippen molar-refractivity contribution in [3.05, 3.63) is 60.3 Å². The van der Waals surface area contributed by atoms with E-state index in [4.69, 9.17) is 0 Å². The minimum atomic E-state index is -0.212. The molecule has 2 aliphatic heterocycles. The summed E-state index contributed by atoms with van der Waals surface area (Å²) in [4.78, 5) is 28.5. The minimum Gasteiger partial charge on any atom is -0.393 e. The highest BCUT2D eigenvalue weighted by atomic mass is 16.3. The molecule has 2 aliphatic rings. The molecule has 6 rings (SSSR count). The molecule has 10 heteroatoms. The van der Waals surface area contributed by atoms with Crippen LogP contribution in [0.25, 0.3) is 16.9 Å². The van der Waals surface area contributed by atoms with Crippen molar-refractivity contribution in [2.75, 3.05) is 23.3 Å². The second kappa shape index (κ2) is 8.71. The van der Waals surface area contributed by atoms with E-state index in [9.17, 15) is 9.90 Å². The van der Waals surface area contributed by atoms with Gasteiger partial charge in [0.25, 0.3) is 5.91 Å². The molecular weight excluding hydrogens is 432 g/mol. The quantitative estimate of drug-likeness (QED) is 0.427. The Kier molecular flexibility index (Phi) is 5.58. The standard InChI is InChI=1S/C23H22N8O2.CH4/c32-15-4-8-30(9-5-15)14-1-2-19(25-11-14)29-18-13-26-21(17-12-27-23(33)20(17)18)16-3-6-28-31-10-7-24-22(16)31;/h1-3,6-7,10-11,13,15,32H,4-5,8-9,12H2,(H,25,29)(H,27,33);1H4. The fourth-order valence-corrected chi connectivity index (χ4v) is 4.50. The number of rotatable bonds is 4. The van der Waals surface area contributed by atoms with E-state index in [0.29, 0.717) is 35.0 Å². The van der Waals surface area contributed by atoms with Gasteiger partial charge in [-0.15, -0.1) is 0 Å². The van der Waals surface area contributed by atoms with E-state index in [0.717, 1.165) is 42.7 Å². The van der Waals surface area contributed by atoms with Gasteiger partial charge >= 0.3 is 0 Å². The molecule has 1 fully saturated rings. The Morgan fingerprint density at radius 2 is 1.91 bits per heavy atom. The number of carbonyl (C=O) groups is 1. The van der Waals surface area contributed by atoms with Gasteiger partial charge in [-0.1, -0.05) is 7.43 Å². The van der Waals surface area contributed by atoms with Gasteiger partial charge in [-0.3, -0.25) is 9.78 Å². The number of amides is 1. The summed E-state index contributed by atoms with van der Waals surface area (Å²) in [6.07, 6.45) is 9.96. The Hall–Kier alpha value is -4.05. The zero-order valence-electron chi connectivity index (χ0n) is 17.8. The van der Waals surface area contributed by atoms with E-state index in [1.807, 2.05) is 24.4 Å². The fourth-order valence-electron chi connectivity index (χ4n) is 4.50. The highest BCUT2D eigenvalue weighted by Gasteiger charge is 2.28. The topological polar surface area (TPSA) is 121 Å². The molecular formula is C24H26N8O2. The summed E-state index contributed by atoms with van der Waals surface area (Å²) in [7, 11) is 0. The van der Waals surface area contributed by atoms with Crippen molar-refractivity contribution in [3.8, 4) is 11.3 Å². The zero-order chi connectivity index (χ0) is 22.4. The molecule has 0 saturated carbocycles. The molecule has 0 bridgehead atoms. The van der Waals surface area contributed by atoms with Crippen LogP contribution in [-0.2, 0) is 6.54 Å². The summed E-state index contributed by atoms with van der Waals surface area (Å²) in [6.45, 7) is 2.02.